The maximum Gasteiger partial charge on any atom is 0.150 e. The van der Waals surface area contributed by atoms with E-state index in [9.17, 15) is 12.8 Å². The van der Waals surface area contributed by atoms with Crippen LogP contribution in [-0.2, 0) is 16.3 Å². The van der Waals surface area contributed by atoms with E-state index in [0.29, 0.717) is 24.8 Å². The van der Waals surface area contributed by atoms with Gasteiger partial charge in [-0.15, -0.1) is 0 Å². The smallest absolute Gasteiger partial charge is 0.150 e. The van der Waals surface area contributed by atoms with E-state index in [1.54, 1.807) is 12.1 Å². The summed E-state index contributed by atoms with van der Waals surface area (Å²) in [5.74, 6) is 0.344. The first-order valence-electron chi connectivity index (χ1n) is 6.66. The van der Waals surface area contributed by atoms with Gasteiger partial charge >= 0.3 is 0 Å². The third-order valence-electron chi connectivity index (χ3n) is 3.56. The van der Waals surface area contributed by atoms with Gasteiger partial charge in [0.25, 0.3) is 0 Å². The van der Waals surface area contributed by atoms with Gasteiger partial charge < -0.3 is 5.32 Å². The van der Waals surface area contributed by atoms with Crippen LogP contribution in [-0.4, -0.2) is 32.0 Å². The molecule has 1 unspecified atom stereocenters. The zero-order chi connectivity index (χ0) is 13.9. The van der Waals surface area contributed by atoms with E-state index in [4.69, 9.17) is 0 Å². The van der Waals surface area contributed by atoms with Gasteiger partial charge in [0.2, 0.25) is 0 Å². The Hall–Kier alpha value is -0.940. The van der Waals surface area contributed by atoms with Crippen LogP contribution in [0, 0.1) is 5.82 Å². The largest absolute Gasteiger partial charge is 0.311 e. The van der Waals surface area contributed by atoms with Crippen molar-refractivity contribution in [2.75, 3.05) is 11.5 Å². The van der Waals surface area contributed by atoms with Crippen molar-refractivity contribution in [3.05, 3.63) is 35.6 Å². The lowest BCUT2D eigenvalue weighted by molar-refractivity contribution is 0.408. The van der Waals surface area contributed by atoms with E-state index in [1.807, 2.05) is 13.0 Å². The Bertz CT molecular complexity index is 516. The molecule has 0 radical (unpaired) electrons. The molecule has 3 nitrogen and oxygen atoms in total. The molecule has 1 aromatic rings. The molecule has 106 valence electrons. The third-order valence-corrected chi connectivity index (χ3v) is 5.27. The Balaban J connectivity index is 1.85. The van der Waals surface area contributed by atoms with Gasteiger partial charge in [-0.3, -0.25) is 0 Å². The molecular formula is C14H20FNO2S. The van der Waals surface area contributed by atoms with Crippen LogP contribution in [0.3, 0.4) is 0 Å². The summed E-state index contributed by atoms with van der Waals surface area (Å²) in [7, 11) is -2.82. The summed E-state index contributed by atoms with van der Waals surface area (Å²) < 4.78 is 36.2. The van der Waals surface area contributed by atoms with Crippen LogP contribution >= 0.6 is 0 Å². The molecule has 0 amide bonds. The molecule has 0 saturated carbocycles. The van der Waals surface area contributed by atoms with Crippen LogP contribution < -0.4 is 5.32 Å². The van der Waals surface area contributed by atoms with Gasteiger partial charge in [-0.25, -0.2) is 12.8 Å². The van der Waals surface area contributed by atoms with Gasteiger partial charge in [0.05, 0.1) is 11.5 Å². The maximum atomic E-state index is 13.5. The quantitative estimate of drug-likeness (QED) is 0.919. The van der Waals surface area contributed by atoms with Gasteiger partial charge in [0.15, 0.2) is 0 Å². The molecule has 0 bridgehead atoms. The molecule has 1 fully saturated rings. The highest BCUT2D eigenvalue weighted by Gasteiger charge is 2.24. The Morgan fingerprint density at radius 3 is 2.58 bits per heavy atom. The predicted molar refractivity (Wildman–Crippen MR) is 74.4 cm³/mol. The number of nitrogens with one attached hydrogen (secondary N) is 1. The lowest BCUT2D eigenvalue weighted by atomic mass is 10.0. The van der Waals surface area contributed by atoms with Crippen molar-refractivity contribution in [2.24, 2.45) is 0 Å². The summed E-state index contributed by atoms with van der Waals surface area (Å²) >= 11 is 0. The lowest BCUT2D eigenvalue weighted by Gasteiger charge is -2.26. The summed E-state index contributed by atoms with van der Waals surface area (Å²) in [5, 5.41) is 3.40. The first-order chi connectivity index (χ1) is 8.96. The number of benzene rings is 1. The molecule has 1 atom stereocenters. The number of rotatable bonds is 4. The van der Waals surface area contributed by atoms with Crippen molar-refractivity contribution in [1.29, 1.82) is 0 Å². The normalized spacial score (nSPS) is 21.2. The topological polar surface area (TPSA) is 46.2 Å². The standard InChI is InChI=1S/C14H20FNO2S/c1-11(10-12-4-2-3-5-14(12)15)16-13-6-8-19(17,18)9-7-13/h2-5,11,13,16H,6-10H2,1H3. The molecule has 1 aliphatic rings. The number of halogens is 1. The Morgan fingerprint density at radius 1 is 1.32 bits per heavy atom. The predicted octanol–water partition coefficient (Wildman–Crippen LogP) is 1.92. The van der Waals surface area contributed by atoms with Gasteiger partial charge in [0.1, 0.15) is 15.7 Å². The lowest BCUT2D eigenvalue weighted by Crippen LogP contribution is -2.42. The zero-order valence-electron chi connectivity index (χ0n) is 11.1. The second kappa shape index (κ2) is 6.01. The van der Waals surface area contributed by atoms with E-state index in [2.05, 4.69) is 5.32 Å². The van der Waals surface area contributed by atoms with Crippen molar-refractivity contribution in [3.8, 4) is 0 Å². The first kappa shape index (κ1) is 14.5. The summed E-state index contributed by atoms with van der Waals surface area (Å²) in [5.41, 5.74) is 0.700. The fourth-order valence-electron chi connectivity index (χ4n) is 2.51. The molecule has 0 aromatic heterocycles. The van der Waals surface area contributed by atoms with Crippen molar-refractivity contribution in [1.82, 2.24) is 5.32 Å². The number of hydrogen-bond donors (Lipinski definition) is 1. The van der Waals surface area contributed by atoms with Crippen LogP contribution in [0.1, 0.15) is 25.3 Å². The van der Waals surface area contributed by atoms with E-state index >= 15 is 0 Å². The molecule has 1 aromatic carbocycles. The van der Waals surface area contributed by atoms with Crippen LogP contribution in [0.25, 0.3) is 0 Å². The second-order valence-corrected chi connectivity index (χ2v) is 7.59. The van der Waals surface area contributed by atoms with Crippen LogP contribution in [0.2, 0.25) is 0 Å². The van der Waals surface area contributed by atoms with Crippen LogP contribution in [0.15, 0.2) is 24.3 Å². The van der Waals surface area contributed by atoms with Gasteiger partial charge in [0, 0.05) is 12.1 Å². The molecule has 1 aliphatic heterocycles. The molecule has 2 rings (SSSR count). The Kier molecular flexibility index (Phi) is 4.58. The fraction of sp³-hybridized carbons (Fsp3) is 0.571. The Morgan fingerprint density at radius 2 is 1.95 bits per heavy atom. The third kappa shape index (κ3) is 4.28. The average molecular weight is 285 g/mol. The SMILES string of the molecule is CC(Cc1ccccc1F)NC1CCS(=O)(=O)CC1. The van der Waals surface area contributed by atoms with Gasteiger partial charge in [-0.2, -0.15) is 0 Å². The summed E-state index contributed by atoms with van der Waals surface area (Å²) in [6.45, 7) is 2.01. The molecule has 19 heavy (non-hydrogen) atoms. The molecular weight excluding hydrogens is 265 g/mol. The highest BCUT2D eigenvalue weighted by Crippen LogP contribution is 2.14. The summed E-state index contributed by atoms with van der Waals surface area (Å²) in [6, 6.07) is 7.14. The summed E-state index contributed by atoms with van der Waals surface area (Å²) in [4.78, 5) is 0. The monoisotopic (exact) mass is 285 g/mol. The second-order valence-electron chi connectivity index (χ2n) is 5.29. The van der Waals surface area contributed by atoms with Gasteiger partial charge in [-0.05, 0) is 37.8 Å². The van der Waals surface area contributed by atoms with Crippen molar-refractivity contribution >= 4 is 9.84 Å². The average Bonchev–Trinajstić information content (AvgIpc) is 2.35. The van der Waals surface area contributed by atoms with E-state index in [-0.39, 0.29) is 29.4 Å². The van der Waals surface area contributed by atoms with Crippen LogP contribution in [0.5, 0.6) is 0 Å². The minimum Gasteiger partial charge on any atom is -0.311 e. The van der Waals surface area contributed by atoms with Crippen molar-refractivity contribution in [3.63, 3.8) is 0 Å². The van der Waals surface area contributed by atoms with Crippen molar-refractivity contribution < 1.29 is 12.8 Å². The number of hydrogen-bond acceptors (Lipinski definition) is 3. The minimum absolute atomic E-state index is 0.141. The van der Waals surface area contributed by atoms with E-state index in [0.717, 1.165) is 0 Å². The zero-order valence-corrected chi connectivity index (χ0v) is 11.9. The fourth-order valence-corrected chi connectivity index (χ4v) is 4.00. The molecule has 1 heterocycles. The molecule has 5 heteroatoms. The summed E-state index contributed by atoms with van der Waals surface area (Å²) in [6.07, 6.45) is 1.93. The molecule has 0 spiro atoms. The van der Waals surface area contributed by atoms with E-state index < -0.39 is 9.84 Å². The molecule has 0 aliphatic carbocycles. The number of sulfone groups is 1. The molecule has 1 N–H and O–H groups in total. The minimum atomic E-state index is -2.82. The van der Waals surface area contributed by atoms with Crippen LogP contribution in [0.4, 0.5) is 4.39 Å². The molecule has 1 saturated heterocycles. The highest BCUT2D eigenvalue weighted by molar-refractivity contribution is 7.91. The maximum absolute atomic E-state index is 13.5. The van der Waals surface area contributed by atoms with Crippen molar-refractivity contribution in [2.45, 2.75) is 38.3 Å². The highest BCUT2D eigenvalue weighted by atomic mass is 32.2. The first-order valence-corrected chi connectivity index (χ1v) is 8.48. The Labute approximate surface area is 114 Å². The van der Waals surface area contributed by atoms with Gasteiger partial charge in [-0.1, -0.05) is 18.2 Å². The van der Waals surface area contributed by atoms with E-state index in [1.165, 1.54) is 6.07 Å².